The van der Waals surface area contributed by atoms with Crippen molar-refractivity contribution in [2.24, 2.45) is 0 Å². The van der Waals surface area contributed by atoms with Crippen molar-refractivity contribution in [1.82, 2.24) is 19.5 Å². The van der Waals surface area contributed by atoms with Crippen LogP contribution >= 0.6 is 7.60 Å². The number of imidazole rings is 1. The Morgan fingerprint density at radius 1 is 1.26 bits per heavy atom. The Balaban J connectivity index is 2.25. The Morgan fingerprint density at radius 3 is 2.44 bits per heavy atom. The highest BCUT2D eigenvalue weighted by atomic mass is 31.2. The Kier molecular flexibility index (Phi) is 9.39. The summed E-state index contributed by atoms with van der Waals surface area (Å²) in [6.07, 6.45) is -0.368. The molecule has 4 atom stereocenters. The minimum atomic E-state index is -4.38. The summed E-state index contributed by atoms with van der Waals surface area (Å²) in [6, 6.07) is 0. The Labute approximate surface area is 198 Å². The molecule has 0 saturated heterocycles. The van der Waals surface area contributed by atoms with Gasteiger partial charge in [-0.25, -0.2) is 4.98 Å². The number of nitrogens with two attached hydrogens (primary N) is 1. The molecular formula is C20H37N6O7P. The van der Waals surface area contributed by atoms with Crippen LogP contribution in [0.2, 0.25) is 0 Å². The molecule has 0 amide bonds. The number of anilines is 2. The van der Waals surface area contributed by atoms with E-state index >= 15 is 0 Å². The van der Waals surface area contributed by atoms with Crippen LogP contribution in [0.1, 0.15) is 59.6 Å². The van der Waals surface area contributed by atoms with Gasteiger partial charge in [-0.2, -0.15) is 9.97 Å². The summed E-state index contributed by atoms with van der Waals surface area (Å²) in [4.78, 5) is 23.0. The van der Waals surface area contributed by atoms with Gasteiger partial charge < -0.3 is 40.5 Å². The summed E-state index contributed by atoms with van der Waals surface area (Å²) >= 11 is 0. The van der Waals surface area contributed by atoms with Crippen LogP contribution in [0.4, 0.5) is 11.8 Å². The van der Waals surface area contributed by atoms with E-state index in [1.807, 2.05) is 0 Å². The molecule has 0 saturated carbocycles. The van der Waals surface area contributed by atoms with Gasteiger partial charge in [-0.15, -0.1) is 0 Å². The van der Waals surface area contributed by atoms with Crippen molar-refractivity contribution >= 4 is 30.5 Å². The van der Waals surface area contributed by atoms with Crippen molar-refractivity contribution in [3.05, 3.63) is 6.33 Å². The van der Waals surface area contributed by atoms with E-state index in [0.717, 1.165) is 0 Å². The molecule has 0 aliphatic carbocycles. The number of nitrogens with one attached hydrogen (secondary N) is 1. The standard InChI is InChI=1S/C20H37N6O7P/c1-6-19(4,33-34(30,31)20(29,7-2)8-3)9-10-32-17(13(28)11-27)26-12-23-14-15(22-5)24-18(21)25-16(14)26/h12-13,17,27-29H,6-11H2,1-5H3,(H,30,31)(H3,21,22,24,25)/t13-,17-,19?/m1/s1. The summed E-state index contributed by atoms with van der Waals surface area (Å²) in [7, 11) is -2.73. The van der Waals surface area contributed by atoms with Crippen molar-refractivity contribution < 1.29 is 34.0 Å². The number of hydrogen-bond acceptors (Lipinski definition) is 11. The minimum Gasteiger partial charge on any atom is -0.394 e. The second-order valence-electron chi connectivity index (χ2n) is 8.37. The van der Waals surface area contributed by atoms with Gasteiger partial charge >= 0.3 is 7.60 Å². The Hall–Kier alpha value is -1.86. The van der Waals surface area contributed by atoms with Crippen LogP contribution in [0.15, 0.2) is 6.33 Å². The third kappa shape index (κ3) is 5.85. The van der Waals surface area contributed by atoms with Gasteiger partial charge in [0, 0.05) is 13.5 Å². The molecule has 2 aromatic heterocycles. The molecular weight excluding hydrogens is 467 g/mol. The third-order valence-electron chi connectivity index (χ3n) is 6.14. The van der Waals surface area contributed by atoms with Crippen molar-refractivity contribution in [2.75, 3.05) is 31.3 Å². The number of aromatic nitrogens is 4. The molecule has 0 aliphatic rings. The molecule has 13 nitrogen and oxygen atoms in total. The van der Waals surface area contributed by atoms with Gasteiger partial charge in [0.05, 0.1) is 25.1 Å². The lowest BCUT2D eigenvalue weighted by Crippen LogP contribution is -2.36. The monoisotopic (exact) mass is 504 g/mol. The normalized spacial score (nSPS) is 17.8. The van der Waals surface area contributed by atoms with Gasteiger partial charge in [0.15, 0.2) is 28.6 Å². The van der Waals surface area contributed by atoms with E-state index in [1.54, 1.807) is 34.7 Å². The second-order valence-corrected chi connectivity index (χ2v) is 10.4. The number of aliphatic hydroxyl groups is 3. The van der Waals surface area contributed by atoms with Crippen molar-refractivity contribution in [3.8, 4) is 0 Å². The molecule has 2 aromatic rings. The summed E-state index contributed by atoms with van der Waals surface area (Å²) < 4.78 is 25.8. The van der Waals surface area contributed by atoms with E-state index in [0.29, 0.717) is 23.4 Å². The zero-order valence-corrected chi connectivity index (χ0v) is 21.2. The molecule has 194 valence electrons. The lowest BCUT2D eigenvalue weighted by atomic mass is 10.0. The van der Waals surface area contributed by atoms with Crippen LogP contribution < -0.4 is 11.1 Å². The maximum absolute atomic E-state index is 12.9. The molecule has 0 bridgehead atoms. The van der Waals surface area contributed by atoms with Crippen LogP contribution in [0, 0.1) is 0 Å². The van der Waals surface area contributed by atoms with Gasteiger partial charge in [-0.3, -0.25) is 9.13 Å². The highest BCUT2D eigenvalue weighted by molar-refractivity contribution is 7.54. The zero-order chi connectivity index (χ0) is 25.7. The molecule has 0 aromatic carbocycles. The summed E-state index contributed by atoms with van der Waals surface area (Å²) in [5, 5.41) is 31.6. The first-order valence-electron chi connectivity index (χ1n) is 11.2. The van der Waals surface area contributed by atoms with Crippen LogP contribution in [0.3, 0.4) is 0 Å². The first kappa shape index (κ1) is 28.4. The van der Waals surface area contributed by atoms with E-state index < -0.39 is 37.5 Å². The number of fused-ring (bicyclic) bond motifs is 1. The van der Waals surface area contributed by atoms with E-state index in [2.05, 4.69) is 20.3 Å². The molecule has 7 N–H and O–H groups in total. The van der Waals surface area contributed by atoms with E-state index in [4.69, 9.17) is 15.0 Å². The molecule has 0 radical (unpaired) electrons. The van der Waals surface area contributed by atoms with Gasteiger partial charge in [0.1, 0.15) is 6.10 Å². The summed E-state index contributed by atoms with van der Waals surface area (Å²) in [6.45, 7) is 6.07. The fraction of sp³-hybridized carbons (Fsp3) is 0.750. The van der Waals surface area contributed by atoms with Gasteiger partial charge in [-0.05, 0) is 26.2 Å². The summed E-state index contributed by atoms with van der Waals surface area (Å²) in [5.74, 6) is 0.379. The van der Waals surface area contributed by atoms with Crippen LogP contribution in [-0.2, 0) is 13.8 Å². The summed E-state index contributed by atoms with van der Waals surface area (Å²) in [5.41, 5.74) is 5.38. The molecule has 2 heterocycles. The number of nitrogen functional groups attached to an aromatic ring is 1. The van der Waals surface area contributed by atoms with Crippen molar-refractivity contribution in [1.29, 1.82) is 0 Å². The van der Waals surface area contributed by atoms with Crippen molar-refractivity contribution in [2.45, 2.75) is 76.7 Å². The second kappa shape index (κ2) is 11.3. The molecule has 14 heteroatoms. The largest absolute Gasteiger partial charge is 0.394 e. The van der Waals surface area contributed by atoms with E-state index in [-0.39, 0.29) is 31.8 Å². The Morgan fingerprint density at radius 2 is 1.91 bits per heavy atom. The first-order chi connectivity index (χ1) is 15.9. The third-order valence-corrected chi connectivity index (χ3v) is 8.51. The Bertz CT molecular complexity index is 1000. The van der Waals surface area contributed by atoms with Crippen LogP contribution in [-0.4, -0.2) is 77.0 Å². The van der Waals surface area contributed by atoms with E-state index in [9.17, 15) is 24.8 Å². The van der Waals surface area contributed by atoms with Crippen LogP contribution in [0.25, 0.3) is 11.2 Å². The highest BCUT2D eigenvalue weighted by Gasteiger charge is 2.48. The molecule has 2 unspecified atom stereocenters. The lowest BCUT2D eigenvalue weighted by molar-refractivity contribution is -0.107. The predicted octanol–water partition coefficient (Wildman–Crippen LogP) is 1.59. The average molecular weight is 505 g/mol. The average Bonchev–Trinajstić information content (AvgIpc) is 3.23. The first-order valence-corrected chi connectivity index (χ1v) is 12.8. The SMILES string of the molecule is CCC(C)(CCO[C@H]([C@H](O)CO)n1cnc2c(NC)nc(N)nc21)OP(=O)(O)C(O)(CC)CC. The van der Waals surface area contributed by atoms with Gasteiger partial charge in [0.2, 0.25) is 5.95 Å². The van der Waals surface area contributed by atoms with Gasteiger partial charge in [-0.1, -0.05) is 20.8 Å². The molecule has 0 spiro atoms. The minimum absolute atomic E-state index is 0.0120. The van der Waals surface area contributed by atoms with E-state index in [1.165, 1.54) is 10.9 Å². The number of hydrogen-bond donors (Lipinski definition) is 6. The molecule has 0 fully saturated rings. The number of nitrogens with zero attached hydrogens (tertiary/aromatic N) is 4. The molecule has 0 aliphatic heterocycles. The maximum atomic E-state index is 12.9. The fourth-order valence-corrected chi connectivity index (χ4v) is 5.26. The number of ether oxygens (including phenoxy) is 1. The van der Waals surface area contributed by atoms with Crippen molar-refractivity contribution in [3.63, 3.8) is 0 Å². The fourth-order valence-electron chi connectivity index (χ4n) is 3.48. The molecule has 2 rings (SSSR count). The number of aliphatic hydroxyl groups excluding tert-OH is 2. The molecule has 34 heavy (non-hydrogen) atoms. The number of rotatable bonds is 14. The maximum Gasteiger partial charge on any atom is 0.359 e. The smallest absolute Gasteiger partial charge is 0.359 e. The van der Waals surface area contributed by atoms with Crippen LogP contribution in [0.5, 0.6) is 0 Å². The zero-order valence-electron chi connectivity index (χ0n) is 20.3. The predicted molar refractivity (Wildman–Crippen MR) is 127 cm³/mol. The quantitative estimate of drug-likeness (QED) is 0.203. The topological polar surface area (TPSA) is 198 Å². The highest BCUT2D eigenvalue weighted by Crippen LogP contribution is 2.60. The van der Waals surface area contributed by atoms with Gasteiger partial charge in [0.25, 0.3) is 0 Å². The lowest BCUT2D eigenvalue weighted by Gasteiger charge is -2.37.